The van der Waals surface area contributed by atoms with Crippen molar-refractivity contribution in [1.82, 2.24) is 5.32 Å². The number of allylic oxidation sites excluding steroid dienone is 13. The fourth-order valence-electron chi connectivity index (χ4n) is 9.54. The number of esters is 1. The summed E-state index contributed by atoms with van der Waals surface area (Å²) in [5, 5.41) is 3.03. The van der Waals surface area contributed by atoms with E-state index >= 15 is 0 Å². The lowest BCUT2D eigenvalue weighted by Gasteiger charge is -2.30. The highest BCUT2D eigenvalue weighted by molar-refractivity contribution is 7.45. The number of carbonyl (C=O) groups is 2. The summed E-state index contributed by atoms with van der Waals surface area (Å²) < 4.78 is 30.4. The van der Waals surface area contributed by atoms with Crippen molar-refractivity contribution in [2.45, 2.75) is 315 Å². The Morgan fingerprint density at radius 2 is 0.753 bits per heavy atom. The van der Waals surface area contributed by atoms with Crippen LogP contribution in [0, 0.1) is 0 Å². The molecule has 1 N–H and O–H groups in total. The molecule has 470 valence electrons. The SMILES string of the molecule is CCCCC/C=C\C/C=C\C/C=C\C/C=C\CCCCCCCCCCCC(=O)NC(COP(=O)([O-])OCC[N+](C)(C)C)C(/C=C\CCCCCCCCCCC)OC(=O)CCCCCCCCCCC/C=C\C/C=C\CCCCC. The van der Waals surface area contributed by atoms with E-state index in [-0.39, 0.29) is 24.9 Å². The Hall–Kier alpha value is -2.81. The topological polar surface area (TPSA) is 114 Å². The zero-order chi connectivity index (χ0) is 59.3. The van der Waals surface area contributed by atoms with E-state index in [1.165, 1.54) is 161 Å². The number of nitrogens with zero attached hydrogens (tertiary/aromatic N) is 1. The van der Waals surface area contributed by atoms with Gasteiger partial charge < -0.3 is 28.5 Å². The van der Waals surface area contributed by atoms with Crippen LogP contribution in [0.25, 0.3) is 0 Å². The van der Waals surface area contributed by atoms with Gasteiger partial charge in [-0.25, -0.2) is 0 Å². The number of hydrogen-bond acceptors (Lipinski definition) is 7. The first kappa shape index (κ1) is 78.2. The average Bonchev–Trinajstić information content (AvgIpc) is 3.44. The molecule has 0 aromatic heterocycles. The molecule has 0 spiro atoms. The van der Waals surface area contributed by atoms with Gasteiger partial charge in [0.15, 0.2) is 0 Å². The van der Waals surface area contributed by atoms with Crippen LogP contribution in [0.4, 0.5) is 0 Å². The van der Waals surface area contributed by atoms with Crippen molar-refractivity contribution in [1.29, 1.82) is 0 Å². The molecule has 0 saturated heterocycles. The maximum Gasteiger partial charge on any atom is 0.306 e. The van der Waals surface area contributed by atoms with E-state index in [0.29, 0.717) is 17.4 Å². The Bertz CT molecular complexity index is 1660. The summed E-state index contributed by atoms with van der Waals surface area (Å²) in [7, 11) is 1.17. The number of nitrogens with one attached hydrogen (secondary N) is 1. The summed E-state index contributed by atoms with van der Waals surface area (Å²) in [5.74, 6) is -0.550. The summed E-state index contributed by atoms with van der Waals surface area (Å²) in [6.07, 6.45) is 79.8. The monoisotopic (exact) mass is 1150 g/mol. The fourth-order valence-corrected chi connectivity index (χ4v) is 10.3. The molecule has 0 radical (unpaired) electrons. The average molecular weight is 1150 g/mol. The fraction of sp³-hybridized carbons (Fsp3) is 0.775. The number of phosphoric acid groups is 1. The van der Waals surface area contributed by atoms with Crippen LogP contribution < -0.4 is 10.2 Å². The molecule has 3 atom stereocenters. The Morgan fingerprint density at radius 3 is 1.15 bits per heavy atom. The van der Waals surface area contributed by atoms with E-state index in [2.05, 4.69) is 99.0 Å². The normalized spacial score (nSPS) is 14.1. The highest BCUT2D eigenvalue weighted by Crippen LogP contribution is 2.38. The van der Waals surface area contributed by atoms with Gasteiger partial charge in [-0.1, -0.05) is 267 Å². The van der Waals surface area contributed by atoms with Crippen molar-refractivity contribution in [3.63, 3.8) is 0 Å². The van der Waals surface area contributed by atoms with Crippen LogP contribution >= 0.6 is 7.82 Å². The number of phosphoric ester groups is 1. The number of quaternary nitrogens is 1. The zero-order valence-electron chi connectivity index (χ0n) is 53.7. The Balaban J connectivity index is 5.10. The summed E-state index contributed by atoms with van der Waals surface area (Å²) >= 11 is 0. The molecule has 0 rings (SSSR count). The molecule has 0 saturated carbocycles. The van der Waals surface area contributed by atoms with Crippen LogP contribution in [0.2, 0.25) is 0 Å². The van der Waals surface area contributed by atoms with Crippen molar-refractivity contribution in [2.24, 2.45) is 0 Å². The molecule has 1 amide bonds. The standard InChI is InChI=1S/C71H129N2O7P/c1-7-10-13-16-19-22-25-27-29-31-33-34-35-36-37-38-40-41-43-45-48-51-54-57-60-63-70(74)72-68(67-79-81(76,77)78-66-65-73(4,5)6)69(62-59-56-53-50-47-24-21-18-15-12-9-3)80-71(75)64-61-58-55-52-49-46-44-42-39-32-30-28-26-23-20-17-14-11-8-2/h19-20,22-23,27-30,33-34,36-37,59,62,68-69H,7-18,21,24-26,31-32,35,38-58,60-61,63-67H2,1-6H3,(H-,72,74,76,77)/b22-19-,23-20-,29-27-,30-28-,34-33-,37-36-,62-59-. The summed E-state index contributed by atoms with van der Waals surface area (Å²) in [5.41, 5.74) is 0. The largest absolute Gasteiger partial charge is 0.756 e. The third-order valence-corrected chi connectivity index (χ3v) is 15.8. The van der Waals surface area contributed by atoms with Crippen LogP contribution in [0.1, 0.15) is 303 Å². The lowest BCUT2D eigenvalue weighted by molar-refractivity contribution is -0.870. The second-order valence-corrected chi connectivity index (χ2v) is 25.4. The lowest BCUT2D eigenvalue weighted by Crippen LogP contribution is -2.47. The third-order valence-electron chi connectivity index (χ3n) is 14.8. The lowest BCUT2D eigenvalue weighted by atomic mass is 10.0. The number of carbonyl (C=O) groups excluding carboxylic acids is 2. The van der Waals surface area contributed by atoms with Crippen LogP contribution in [0.15, 0.2) is 85.1 Å². The van der Waals surface area contributed by atoms with Gasteiger partial charge in [-0.2, -0.15) is 0 Å². The molecule has 0 aliphatic carbocycles. The number of hydrogen-bond donors (Lipinski definition) is 1. The molecule has 0 aromatic rings. The van der Waals surface area contributed by atoms with Crippen molar-refractivity contribution >= 4 is 19.7 Å². The van der Waals surface area contributed by atoms with Gasteiger partial charge in [-0.15, -0.1) is 0 Å². The van der Waals surface area contributed by atoms with Crippen molar-refractivity contribution in [2.75, 3.05) is 40.9 Å². The molecule has 0 bridgehead atoms. The molecule has 9 nitrogen and oxygen atoms in total. The van der Waals surface area contributed by atoms with Crippen molar-refractivity contribution in [3.8, 4) is 0 Å². The van der Waals surface area contributed by atoms with Gasteiger partial charge in [0.1, 0.15) is 19.3 Å². The van der Waals surface area contributed by atoms with Crippen LogP contribution in [-0.4, -0.2) is 69.4 Å². The highest BCUT2D eigenvalue weighted by atomic mass is 31.2. The van der Waals surface area contributed by atoms with Crippen molar-refractivity contribution < 1.29 is 37.3 Å². The van der Waals surface area contributed by atoms with E-state index in [9.17, 15) is 19.0 Å². The van der Waals surface area contributed by atoms with Crippen LogP contribution in [-0.2, 0) is 27.9 Å². The smallest absolute Gasteiger partial charge is 0.306 e. The number of amides is 1. The van der Waals surface area contributed by atoms with E-state index in [1.54, 1.807) is 0 Å². The molecular weight excluding hydrogens is 1020 g/mol. The molecule has 81 heavy (non-hydrogen) atoms. The van der Waals surface area contributed by atoms with Gasteiger partial charge in [-0.05, 0) is 109 Å². The van der Waals surface area contributed by atoms with Gasteiger partial charge in [0.2, 0.25) is 5.91 Å². The minimum atomic E-state index is -4.71. The molecule has 0 aromatic carbocycles. The molecule has 3 unspecified atom stereocenters. The molecule has 0 aliphatic rings. The Kier molecular flexibility index (Phi) is 58.2. The predicted octanol–water partition coefficient (Wildman–Crippen LogP) is 20.7. The quantitative estimate of drug-likeness (QED) is 0.0212. The maximum atomic E-state index is 13.6. The zero-order valence-corrected chi connectivity index (χ0v) is 54.6. The summed E-state index contributed by atoms with van der Waals surface area (Å²) in [6, 6.07) is -0.897. The molecule has 0 aliphatic heterocycles. The van der Waals surface area contributed by atoms with Gasteiger partial charge >= 0.3 is 5.97 Å². The second-order valence-electron chi connectivity index (χ2n) is 24.0. The van der Waals surface area contributed by atoms with E-state index in [4.69, 9.17) is 13.8 Å². The first-order valence-electron chi connectivity index (χ1n) is 33.9. The molecule has 0 heterocycles. The maximum absolute atomic E-state index is 13.6. The minimum Gasteiger partial charge on any atom is -0.756 e. The number of unbranched alkanes of at least 4 members (excludes halogenated alkanes) is 33. The van der Waals surface area contributed by atoms with Crippen molar-refractivity contribution in [3.05, 3.63) is 85.1 Å². The highest BCUT2D eigenvalue weighted by Gasteiger charge is 2.27. The first-order valence-corrected chi connectivity index (χ1v) is 35.4. The summed E-state index contributed by atoms with van der Waals surface area (Å²) in [6.45, 7) is 6.79. The van der Waals surface area contributed by atoms with E-state index < -0.39 is 26.6 Å². The van der Waals surface area contributed by atoms with E-state index in [1.807, 2.05) is 33.3 Å². The predicted molar refractivity (Wildman–Crippen MR) is 348 cm³/mol. The van der Waals surface area contributed by atoms with E-state index in [0.717, 1.165) is 109 Å². The molecule has 10 heteroatoms. The summed E-state index contributed by atoms with van der Waals surface area (Å²) in [4.78, 5) is 40.1. The Labute approximate surface area is 501 Å². The third kappa shape index (κ3) is 61.6. The first-order chi connectivity index (χ1) is 39.4. The number of likely N-dealkylation sites (N-methyl/N-ethyl adjacent to an activating group) is 1. The van der Waals surface area contributed by atoms with Gasteiger partial charge in [0.25, 0.3) is 7.82 Å². The minimum absolute atomic E-state index is 0.0271. The molecule has 0 fully saturated rings. The van der Waals surface area contributed by atoms with Crippen LogP contribution in [0.5, 0.6) is 0 Å². The van der Waals surface area contributed by atoms with Gasteiger partial charge in [-0.3, -0.25) is 14.2 Å². The molecular formula is C71H129N2O7P. The van der Waals surface area contributed by atoms with Gasteiger partial charge in [0, 0.05) is 12.8 Å². The van der Waals surface area contributed by atoms with Gasteiger partial charge in [0.05, 0.1) is 33.8 Å². The Morgan fingerprint density at radius 1 is 0.432 bits per heavy atom. The van der Waals surface area contributed by atoms with Crippen LogP contribution in [0.3, 0.4) is 0 Å². The second kappa shape index (κ2) is 60.3. The number of rotatable bonds is 61. The number of ether oxygens (including phenoxy) is 1.